The Hall–Kier alpha value is -1.78. The molecule has 0 unspecified atom stereocenters. The van der Waals surface area contributed by atoms with Gasteiger partial charge in [0.25, 0.3) is 5.91 Å². The zero-order chi connectivity index (χ0) is 19.0. The van der Waals surface area contributed by atoms with Crippen LogP contribution < -0.4 is 4.90 Å². The average molecular weight is 414 g/mol. The number of hydrogen-bond acceptors (Lipinski definition) is 2. The first-order valence-corrected chi connectivity index (χ1v) is 11.0. The molecule has 5 heteroatoms. The molecule has 2 saturated carbocycles. The molecule has 156 valence electrons. The van der Waals surface area contributed by atoms with Crippen molar-refractivity contribution in [1.29, 1.82) is 0 Å². The molecule has 2 aromatic rings. The van der Waals surface area contributed by atoms with E-state index < -0.39 is 0 Å². The van der Waals surface area contributed by atoms with Crippen molar-refractivity contribution in [2.45, 2.75) is 51.0 Å². The van der Waals surface area contributed by atoms with Gasteiger partial charge in [-0.2, -0.15) is 0 Å². The molecule has 1 aromatic heterocycles. The zero-order valence-corrected chi connectivity index (χ0v) is 17.9. The van der Waals surface area contributed by atoms with E-state index in [0.29, 0.717) is 11.5 Å². The SMILES string of the molecule is Cl.O=C(c1cc[nH]c1)N(c1ccccc1)C1CC2(CCN(CC3CCC3)CC2)C1. The van der Waals surface area contributed by atoms with E-state index in [4.69, 9.17) is 0 Å². The Labute approximate surface area is 180 Å². The number of anilines is 1. The Kier molecular flexibility index (Phi) is 6.03. The van der Waals surface area contributed by atoms with Gasteiger partial charge in [-0.25, -0.2) is 0 Å². The van der Waals surface area contributed by atoms with Crippen LogP contribution in [0.1, 0.15) is 55.3 Å². The van der Waals surface area contributed by atoms with Gasteiger partial charge in [0.15, 0.2) is 0 Å². The number of hydrogen-bond donors (Lipinski definition) is 1. The maximum Gasteiger partial charge on any atom is 0.260 e. The lowest BCUT2D eigenvalue weighted by Gasteiger charge is -2.55. The Balaban J connectivity index is 0.00000205. The maximum atomic E-state index is 13.2. The van der Waals surface area contributed by atoms with Crippen molar-refractivity contribution in [2.75, 3.05) is 24.5 Å². The minimum absolute atomic E-state index is 0. The molecule has 0 radical (unpaired) electrons. The largest absolute Gasteiger partial charge is 0.367 e. The van der Waals surface area contributed by atoms with Crippen molar-refractivity contribution < 1.29 is 4.79 Å². The first kappa shape index (κ1) is 20.5. The minimum Gasteiger partial charge on any atom is -0.367 e. The first-order valence-electron chi connectivity index (χ1n) is 11.0. The van der Waals surface area contributed by atoms with Crippen LogP contribution in [0.3, 0.4) is 0 Å². The second-order valence-electron chi connectivity index (χ2n) is 9.27. The van der Waals surface area contributed by atoms with Gasteiger partial charge in [-0.3, -0.25) is 4.79 Å². The third-order valence-corrected chi connectivity index (χ3v) is 7.46. The van der Waals surface area contributed by atoms with Crippen LogP contribution in [-0.4, -0.2) is 41.5 Å². The van der Waals surface area contributed by atoms with Crippen molar-refractivity contribution in [2.24, 2.45) is 11.3 Å². The molecule has 2 heterocycles. The van der Waals surface area contributed by atoms with Gasteiger partial charge in [0.1, 0.15) is 0 Å². The molecule has 3 aliphatic rings. The fourth-order valence-electron chi connectivity index (χ4n) is 5.46. The number of para-hydroxylation sites is 1. The standard InChI is InChI=1S/C24H31N3O.ClH/c28-23(20-9-12-25-17-20)27(21-7-2-1-3-8-21)22-15-24(16-22)10-13-26(14-11-24)18-19-5-4-6-19;/h1-3,7-9,12,17,19,22,25H,4-6,10-11,13-16,18H2;1H. The third-order valence-electron chi connectivity index (χ3n) is 7.46. The molecule has 29 heavy (non-hydrogen) atoms. The van der Waals surface area contributed by atoms with E-state index in [1.165, 1.54) is 51.7 Å². The summed E-state index contributed by atoms with van der Waals surface area (Å²) in [7, 11) is 0. The van der Waals surface area contributed by atoms with Gasteiger partial charge in [-0.15, -0.1) is 12.4 Å². The van der Waals surface area contributed by atoms with E-state index in [0.717, 1.165) is 30.0 Å². The van der Waals surface area contributed by atoms with Crippen LogP contribution in [0.2, 0.25) is 0 Å². The highest BCUT2D eigenvalue weighted by atomic mass is 35.5. The highest BCUT2D eigenvalue weighted by Crippen LogP contribution is 2.52. The molecule has 5 rings (SSSR count). The van der Waals surface area contributed by atoms with Gasteiger partial charge in [0.2, 0.25) is 0 Å². The average Bonchev–Trinajstić information content (AvgIpc) is 3.20. The Bertz CT molecular complexity index is 787. The molecule has 1 N–H and O–H groups in total. The van der Waals surface area contributed by atoms with Crippen molar-refractivity contribution in [3.05, 3.63) is 54.4 Å². The molecule has 1 aliphatic heterocycles. The molecule has 1 saturated heterocycles. The summed E-state index contributed by atoms with van der Waals surface area (Å²) in [6.07, 6.45) is 12.9. The molecule has 3 fully saturated rings. The minimum atomic E-state index is 0. The Morgan fingerprint density at radius 2 is 1.83 bits per heavy atom. The number of likely N-dealkylation sites (tertiary alicyclic amines) is 1. The predicted octanol–water partition coefficient (Wildman–Crippen LogP) is 5.13. The maximum absolute atomic E-state index is 13.2. The lowest BCUT2D eigenvalue weighted by Crippen LogP contribution is -2.57. The predicted molar refractivity (Wildman–Crippen MR) is 120 cm³/mol. The number of nitrogens with one attached hydrogen (secondary N) is 1. The highest BCUT2D eigenvalue weighted by Gasteiger charge is 2.49. The van der Waals surface area contributed by atoms with Crippen LogP contribution in [0.4, 0.5) is 5.69 Å². The third kappa shape index (κ3) is 4.10. The lowest BCUT2D eigenvalue weighted by molar-refractivity contribution is 0.00676. The molecule has 1 amide bonds. The molecule has 0 bridgehead atoms. The van der Waals surface area contributed by atoms with Crippen LogP contribution >= 0.6 is 12.4 Å². The van der Waals surface area contributed by atoms with Gasteiger partial charge in [-0.1, -0.05) is 24.6 Å². The second kappa shape index (κ2) is 8.53. The normalized spacial score (nSPS) is 21.8. The monoisotopic (exact) mass is 413 g/mol. The van der Waals surface area contributed by atoms with Crippen molar-refractivity contribution >= 4 is 24.0 Å². The Morgan fingerprint density at radius 3 is 2.41 bits per heavy atom. The number of benzene rings is 1. The fraction of sp³-hybridized carbons (Fsp3) is 0.542. The number of aromatic amines is 1. The summed E-state index contributed by atoms with van der Waals surface area (Å²) in [5.41, 5.74) is 2.24. The van der Waals surface area contributed by atoms with Gasteiger partial charge >= 0.3 is 0 Å². The molecule has 2 aliphatic carbocycles. The van der Waals surface area contributed by atoms with Crippen molar-refractivity contribution in [3.8, 4) is 0 Å². The molecular weight excluding hydrogens is 382 g/mol. The van der Waals surface area contributed by atoms with E-state index >= 15 is 0 Å². The van der Waals surface area contributed by atoms with Gasteiger partial charge in [-0.05, 0) is 81.1 Å². The van der Waals surface area contributed by atoms with Crippen molar-refractivity contribution in [1.82, 2.24) is 9.88 Å². The smallest absolute Gasteiger partial charge is 0.260 e. The van der Waals surface area contributed by atoms with Gasteiger partial charge in [0, 0.05) is 30.7 Å². The number of amides is 1. The number of piperidine rings is 1. The molecular formula is C24H32ClN3O. The second-order valence-corrected chi connectivity index (χ2v) is 9.27. The highest BCUT2D eigenvalue weighted by molar-refractivity contribution is 6.06. The van der Waals surface area contributed by atoms with E-state index in [-0.39, 0.29) is 18.3 Å². The van der Waals surface area contributed by atoms with E-state index in [2.05, 4.69) is 26.9 Å². The zero-order valence-electron chi connectivity index (χ0n) is 17.1. The summed E-state index contributed by atoms with van der Waals surface area (Å²) in [6, 6.07) is 12.4. The van der Waals surface area contributed by atoms with E-state index in [1.807, 2.05) is 36.7 Å². The molecule has 4 nitrogen and oxygen atoms in total. The summed E-state index contributed by atoms with van der Waals surface area (Å²) in [6.45, 7) is 3.82. The van der Waals surface area contributed by atoms with E-state index in [1.54, 1.807) is 0 Å². The number of H-pyrrole nitrogens is 1. The van der Waals surface area contributed by atoms with E-state index in [9.17, 15) is 4.79 Å². The summed E-state index contributed by atoms with van der Waals surface area (Å²) >= 11 is 0. The summed E-state index contributed by atoms with van der Waals surface area (Å²) < 4.78 is 0. The van der Waals surface area contributed by atoms with Crippen LogP contribution in [0.15, 0.2) is 48.8 Å². The van der Waals surface area contributed by atoms with Crippen LogP contribution in [-0.2, 0) is 0 Å². The number of rotatable bonds is 5. The number of halogens is 1. The quantitative estimate of drug-likeness (QED) is 0.738. The number of carbonyl (C=O) groups excluding carboxylic acids is 1. The number of nitrogens with zero attached hydrogens (tertiary/aromatic N) is 2. The number of carbonyl (C=O) groups is 1. The Morgan fingerprint density at radius 1 is 1.10 bits per heavy atom. The molecule has 0 atom stereocenters. The van der Waals surface area contributed by atoms with Gasteiger partial charge < -0.3 is 14.8 Å². The fourth-order valence-corrected chi connectivity index (χ4v) is 5.46. The van der Waals surface area contributed by atoms with Crippen molar-refractivity contribution in [3.63, 3.8) is 0 Å². The summed E-state index contributed by atoms with van der Waals surface area (Å²) in [5.74, 6) is 1.09. The number of aromatic nitrogens is 1. The van der Waals surface area contributed by atoms with Gasteiger partial charge in [0.05, 0.1) is 5.56 Å². The first-order chi connectivity index (χ1) is 13.7. The topological polar surface area (TPSA) is 39.3 Å². The van der Waals surface area contributed by atoms with Crippen LogP contribution in [0, 0.1) is 11.3 Å². The van der Waals surface area contributed by atoms with Crippen LogP contribution in [0.25, 0.3) is 0 Å². The lowest BCUT2D eigenvalue weighted by atomic mass is 9.59. The summed E-state index contributed by atoms with van der Waals surface area (Å²) in [4.78, 5) is 21.0. The molecule has 1 spiro atoms. The van der Waals surface area contributed by atoms with Crippen LogP contribution in [0.5, 0.6) is 0 Å². The summed E-state index contributed by atoms with van der Waals surface area (Å²) in [5, 5.41) is 0. The molecule has 1 aromatic carbocycles.